The highest BCUT2D eigenvalue weighted by atomic mass is 35.5. The first-order valence-corrected chi connectivity index (χ1v) is 10.1. The summed E-state index contributed by atoms with van der Waals surface area (Å²) in [6.07, 6.45) is 0. The van der Waals surface area contributed by atoms with Gasteiger partial charge in [0.2, 0.25) is 0 Å². The summed E-state index contributed by atoms with van der Waals surface area (Å²) in [4.78, 5) is 30.7. The van der Waals surface area contributed by atoms with E-state index in [2.05, 4.69) is 15.6 Å². The molecular weight excluding hydrogens is 407 g/mol. The van der Waals surface area contributed by atoms with Crippen LogP contribution in [0.25, 0.3) is 0 Å². The van der Waals surface area contributed by atoms with E-state index in [4.69, 9.17) is 23.2 Å². The van der Waals surface area contributed by atoms with Gasteiger partial charge in [-0.3, -0.25) is 4.79 Å². The number of amides is 3. The van der Waals surface area contributed by atoms with Crippen molar-refractivity contribution in [1.29, 1.82) is 0 Å². The molecule has 0 aliphatic heterocycles. The summed E-state index contributed by atoms with van der Waals surface area (Å²) in [5, 5.41) is 8.60. The molecule has 0 radical (unpaired) electrons. The van der Waals surface area contributed by atoms with Gasteiger partial charge in [0.05, 0.1) is 22.3 Å². The van der Waals surface area contributed by atoms with E-state index in [9.17, 15) is 9.59 Å². The number of rotatable bonds is 6. The third kappa shape index (κ3) is 5.82. The molecule has 0 aliphatic carbocycles. The first-order valence-electron chi connectivity index (χ1n) is 8.46. The molecule has 27 heavy (non-hydrogen) atoms. The molecule has 146 valence electrons. The van der Waals surface area contributed by atoms with Crippen LogP contribution in [0.2, 0.25) is 10.0 Å². The zero-order valence-corrected chi connectivity index (χ0v) is 17.9. The number of nitrogens with zero attached hydrogens (tertiary/aromatic N) is 2. The van der Waals surface area contributed by atoms with Gasteiger partial charge in [-0.2, -0.15) is 0 Å². The van der Waals surface area contributed by atoms with Crippen molar-refractivity contribution in [3.63, 3.8) is 0 Å². The molecule has 0 bridgehead atoms. The number of halogens is 2. The third-order valence-corrected chi connectivity index (χ3v) is 5.24. The predicted molar refractivity (Wildman–Crippen MR) is 111 cm³/mol. The summed E-state index contributed by atoms with van der Waals surface area (Å²) in [5.41, 5.74) is 0.793. The molecule has 2 N–H and O–H groups in total. The Balaban J connectivity index is 2.11. The number of aromatic nitrogens is 1. The molecule has 2 aromatic rings. The van der Waals surface area contributed by atoms with Crippen LogP contribution in [0.3, 0.4) is 0 Å². The number of nitrogens with one attached hydrogen (secondary N) is 2. The summed E-state index contributed by atoms with van der Waals surface area (Å²) >= 11 is 13.5. The highest BCUT2D eigenvalue weighted by Crippen LogP contribution is 2.30. The van der Waals surface area contributed by atoms with Crippen LogP contribution in [0.1, 0.15) is 43.2 Å². The van der Waals surface area contributed by atoms with E-state index in [0.717, 1.165) is 0 Å². The number of anilines is 1. The average molecular weight is 429 g/mol. The van der Waals surface area contributed by atoms with Crippen molar-refractivity contribution >= 4 is 52.2 Å². The van der Waals surface area contributed by atoms with E-state index in [1.807, 2.05) is 27.7 Å². The fourth-order valence-corrected chi connectivity index (χ4v) is 3.37. The standard InChI is InChI=1S/C18H22Cl2N4O2S/c1-10(2)21-17(25)14-9-27-15(22-14)8-24(11(3)4)18(26)23-13-7-5-6-12(19)16(13)20/h5-7,9-11H,8H2,1-4H3,(H,21,25)(H,23,26). The molecule has 1 aromatic heterocycles. The van der Waals surface area contributed by atoms with E-state index in [0.29, 0.717) is 21.4 Å². The molecule has 6 nitrogen and oxygen atoms in total. The van der Waals surface area contributed by atoms with Crippen molar-refractivity contribution in [2.45, 2.75) is 46.3 Å². The van der Waals surface area contributed by atoms with Crippen molar-refractivity contribution in [3.05, 3.63) is 44.3 Å². The van der Waals surface area contributed by atoms with Crippen LogP contribution >= 0.6 is 34.5 Å². The van der Waals surface area contributed by atoms with Crippen LogP contribution in [0, 0.1) is 0 Å². The smallest absolute Gasteiger partial charge is 0.322 e. The summed E-state index contributed by atoms with van der Waals surface area (Å²) in [5.74, 6) is -0.223. The molecule has 0 unspecified atom stereocenters. The molecule has 9 heteroatoms. The third-order valence-electron chi connectivity index (χ3n) is 3.59. The number of carbonyl (C=O) groups excluding carboxylic acids is 2. The van der Waals surface area contributed by atoms with Crippen LogP contribution in [-0.4, -0.2) is 33.9 Å². The first kappa shape index (κ1) is 21.5. The Bertz CT molecular complexity index is 823. The molecule has 3 amide bonds. The molecule has 0 atom stereocenters. The second-order valence-electron chi connectivity index (χ2n) is 6.51. The van der Waals surface area contributed by atoms with Gasteiger partial charge in [-0.05, 0) is 39.8 Å². The molecular formula is C18H22Cl2N4O2S. The SMILES string of the molecule is CC(C)NC(=O)c1csc(CN(C(=O)Nc2cccc(Cl)c2Cl)C(C)C)n1. The van der Waals surface area contributed by atoms with Crippen molar-refractivity contribution in [1.82, 2.24) is 15.2 Å². The van der Waals surface area contributed by atoms with E-state index in [1.54, 1.807) is 28.5 Å². The van der Waals surface area contributed by atoms with Gasteiger partial charge >= 0.3 is 6.03 Å². The monoisotopic (exact) mass is 428 g/mol. The van der Waals surface area contributed by atoms with Crippen molar-refractivity contribution < 1.29 is 9.59 Å². The maximum absolute atomic E-state index is 12.7. The molecule has 1 aromatic carbocycles. The quantitative estimate of drug-likeness (QED) is 0.676. The molecule has 0 fully saturated rings. The van der Waals surface area contributed by atoms with Crippen LogP contribution in [0.4, 0.5) is 10.5 Å². The van der Waals surface area contributed by atoms with Crippen LogP contribution < -0.4 is 10.6 Å². The van der Waals surface area contributed by atoms with Crippen LogP contribution in [0.15, 0.2) is 23.6 Å². The van der Waals surface area contributed by atoms with Crippen molar-refractivity contribution in [2.75, 3.05) is 5.32 Å². The van der Waals surface area contributed by atoms with Crippen LogP contribution in [-0.2, 0) is 6.54 Å². The Morgan fingerprint density at radius 2 is 1.93 bits per heavy atom. The molecule has 0 spiro atoms. The second kappa shape index (κ2) is 9.39. The lowest BCUT2D eigenvalue weighted by Crippen LogP contribution is -2.39. The number of urea groups is 1. The highest BCUT2D eigenvalue weighted by Gasteiger charge is 2.21. The van der Waals surface area contributed by atoms with Crippen molar-refractivity contribution in [2.24, 2.45) is 0 Å². The zero-order chi connectivity index (χ0) is 20.1. The Hall–Kier alpha value is -1.83. The maximum Gasteiger partial charge on any atom is 0.322 e. The molecule has 0 saturated heterocycles. The minimum Gasteiger partial charge on any atom is -0.349 e. The average Bonchev–Trinajstić information content (AvgIpc) is 3.04. The van der Waals surface area contributed by atoms with Gasteiger partial charge in [0.15, 0.2) is 0 Å². The Morgan fingerprint density at radius 1 is 1.22 bits per heavy atom. The van der Waals surface area contributed by atoms with E-state index in [1.165, 1.54) is 11.3 Å². The lowest BCUT2D eigenvalue weighted by atomic mass is 10.3. The number of benzene rings is 1. The van der Waals surface area contributed by atoms with E-state index >= 15 is 0 Å². The number of carbonyl (C=O) groups is 2. The second-order valence-corrected chi connectivity index (χ2v) is 8.24. The highest BCUT2D eigenvalue weighted by molar-refractivity contribution is 7.09. The molecule has 1 heterocycles. The topological polar surface area (TPSA) is 74.3 Å². The molecule has 0 saturated carbocycles. The molecule has 2 rings (SSSR count). The minimum absolute atomic E-state index is 0.0306. The normalized spacial score (nSPS) is 11.0. The Morgan fingerprint density at radius 3 is 2.56 bits per heavy atom. The largest absolute Gasteiger partial charge is 0.349 e. The predicted octanol–water partition coefficient (Wildman–Crippen LogP) is 5.03. The van der Waals surface area contributed by atoms with Gasteiger partial charge in [-0.15, -0.1) is 11.3 Å². The van der Waals surface area contributed by atoms with E-state index < -0.39 is 0 Å². The molecule has 0 aliphatic rings. The van der Waals surface area contributed by atoms with Crippen molar-refractivity contribution in [3.8, 4) is 0 Å². The van der Waals surface area contributed by atoms with E-state index in [-0.39, 0.29) is 35.6 Å². The lowest BCUT2D eigenvalue weighted by molar-refractivity contribution is 0.0938. The fourth-order valence-electron chi connectivity index (χ4n) is 2.25. The number of thiazole rings is 1. The summed E-state index contributed by atoms with van der Waals surface area (Å²) in [6, 6.07) is 4.67. The van der Waals surface area contributed by atoms with Gasteiger partial charge in [0.25, 0.3) is 5.91 Å². The zero-order valence-electron chi connectivity index (χ0n) is 15.5. The number of hydrogen-bond acceptors (Lipinski definition) is 4. The maximum atomic E-state index is 12.7. The number of hydrogen-bond donors (Lipinski definition) is 2. The van der Waals surface area contributed by atoms with Crippen LogP contribution in [0.5, 0.6) is 0 Å². The fraction of sp³-hybridized carbons (Fsp3) is 0.389. The van der Waals surface area contributed by atoms with Gasteiger partial charge in [0.1, 0.15) is 10.7 Å². The lowest BCUT2D eigenvalue weighted by Gasteiger charge is -2.26. The summed E-state index contributed by atoms with van der Waals surface area (Å²) in [6.45, 7) is 7.85. The summed E-state index contributed by atoms with van der Waals surface area (Å²) < 4.78 is 0. The van der Waals surface area contributed by atoms with Gasteiger partial charge in [0, 0.05) is 17.5 Å². The minimum atomic E-state index is -0.322. The summed E-state index contributed by atoms with van der Waals surface area (Å²) in [7, 11) is 0. The van der Waals surface area contributed by atoms with Gasteiger partial charge < -0.3 is 15.5 Å². The Kier molecular flexibility index (Phi) is 7.47. The van der Waals surface area contributed by atoms with Gasteiger partial charge in [-0.1, -0.05) is 29.3 Å². The van der Waals surface area contributed by atoms with Gasteiger partial charge in [-0.25, -0.2) is 9.78 Å². The Labute approximate surface area is 172 Å². The first-order chi connectivity index (χ1) is 12.7.